The van der Waals surface area contributed by atoms with E-state index >= 15 is 0 Å². The zero-order chi connectivity index (χ0) is 14.1. The van der Waals surface area contributed by atoms with Gasteiger partial charge >= 0.3 is 5.97 Å². The van der Waals surface area contributed by atoms with Gasteiger partial charge in [-0.25, -0.2) is 9.78 Å². The summed E-state index contributed by atoms with van der Waals surface area (Å²) in [4.78, 5) is 17.6. The fraction of sp³-hybridized carbons (Fsp3) is 0.500. The Bertz CT molecular complexity index is 632. The summed E-state index contributed by atoms with van der Waals surface area (Å²) in [7, 11) is 1.84. The summed E-state index contributed by atoms with van der Waals surface area (Å²) in [5.41, 5.74) is 1.34. The Labute approximate surface area is 121 Å². The average molecular weight is 291 g/mol. The fourth-order valence-electron chi connectivity index (χ4n) is 2.74. The van der Waals surface area contributed by atoms with Crippen LogP contribution in [0.15, 0.2) is 11.4 Å². The molecular formula is C14H17N3O2S. The van der Waals surface area contributed by atoms with E-state index in [1.807, 2.05) is 7.05 Å². The summed E-state index contributed by atoms with van der Waals surface area (Å²) in [6.07, 6.45) is 3.35. The van der Waals surface area contributed by atoms with Crippen LogP contribution in [-0.4, -0.2) is 27.3 Å². The van der Waals surface area contributed by atoms with Gasteiger partial charge in [0, 0.05) is 17.8 Å². The Kier molecular flexibility index (Phi) is 3.56. The highest BCUT2D eigenvalue weighted by Gasteiger charge is 2.28. The standard InChI is InChI=1S/C14H17N3O2S/c1-3-19-14(18)12-15-13(17(2)16-12)10-5-4-6-11-9(10)7-8-20-11/h7-8,10H,3-6H2,1-2H3. The molecule has 0 bridgehead atoms. The van der Waals surface area contributed by atoms with Crippen molar-refractivity contribution in [1.29, 1.82) is 0 Å². The minimum absolute atomic E-state index is 0.159. The van der Waals surface area contributed by atoms with Gasteiger partial charge in [-0.15, -0.1) is 16.4 Å². The highest BCUT2D eigenvalue weighted by atomic mass is 32.1. The second-order valence-electron chi connectivity index (χ2n) is 4.88. The lowest BCUT2D eigenvalue weighted by atomic mass is 9.87. The van der Waals surface area contributed by atoms with Crippen molar-refractivity contribution >= 4 is 17.3 Å². The quantitative estimate of drug-likeness (QED) is 0.815. The maximum absolute atomic E-state index is 11.7. The van der Waals surface area contributed by atoms with Crippen LogP contribution < -0.4 is 0 Å². The first-order chi connectivity index (χ1) is 9.70. The third-order valence-electron chi connectivity index (χ3n) is 3.62. The van der Waals surface area contributed by atoms with Gasteiger partial charge in [0.05, 0.1) is 6.61 Å². The number of aromatic nitrogens is 3. The first-order valence-corrected chi connectivity index (χ1v) is 7.73. The molecule has 0 saturated carbocycles. The Balaban J connectivity index is 1.94. The van der Waals surface area contributed by atoms with E-state index < -0.39 is 5.97 Å². The van der Waals surface area contributed by atoms with Crippen LogP contribution in [0.25, 0.3) is 0 Å². The molecular weight excluding hydrogens is 274 g/mol. The molecule has 0 aromatic carbocycles. The third-order valence-corrected chi connectivity index (χ3v) is 4.61. The average Bonchev–Trinajstić information content (AvgIpc) is 3.04. The van der Waals surface area contributed by atoms with Gasteiger partial charge in [-0.1, -0.05) is 0 Å². The molecule has 0 N–H and O–H groups in total. The number of rotatable bonds is 3. The van der Waals surface area contributed by atoms with Crippen LogP contribution in [0.3, 0.4) is 0 Å². The van der Waals surface area contributed by atoms with Crippen molar-refractivity contribution in [2.24, 2.45) is 7.05 Å². The van der Waals surface area contributed by atoms with E-state index in [1.165, 1.54) is 10.4 Å². The van der Waals surface area contributed by atoms with Crippen LogP contribution in [0.5, 0.6) is 0 Å². The molecule has 1 unspecified atom stereocenters. The van der Waals surface area contributed by atoms with E-state index in [-0.39, 0.29) is 11.7 Å². The predicted molar refractivity (Wildman–Crippen MR) is 76.1 cm³/mol. The first kappa shape index (κ1) is 13.3. The highest BCUT2D eigenvalue weighted by Crippen LogP contribution is 2.38. The molecule has 2 heterocycles. The molecule has 5 nitrogen and oxygen atoms in total. The Morgan fingerprint density at radius 1 is 1.60 bits per heavy atom. The third kappa shape index (κ3) is 2.24. The van der Waals surface area contributed by atoms with Crippen molar-refractivity contribution in [2.45, 2.75) is 32.1 Å². The normalized spacial score (nSPS) is 17.8. The van der Waals surface area contributed by atoms with Gasteiger partial charge in [0.2, 0.25) is 0 Å². The van der Waals surface area contributed by atoms with E-state index in [1.54, 1.807) is 22.9 Å². The molecule has 3 rings (SSSR count). The number of ether oxygens (including phenoxy) is 1. The number of hydrogen-bond donors (Lipinski definition) is 0. The van der Waals surface area contributed by atoms with E-state index in [9.17, 15) is 4.79 Å². The largest absolute Gasteiger partial charge is 0.460 e. The second-order valence-corrected chi connectivity index (χ2v) is 5.88. The van der Waals surface area contributed by atoms with Gasteiger partial charge < -0.3 is 4.74 Å². The van der Waals surface area contributed by atoms with Crippen LogP contribution in [0.1, 0.15) is 52.6 Å². The van der Waals surface area contributed by atoms with Crippen molar-refractivity contribution in [3.05, 3.63) is 33.5 Å². The predicted octanol–water partition coefficient (Wildman–Crippen LogP) is 2.52. The van der Waals surface area contributed by atoms with Crippen LogP contribution in [0.2, 0.25) is 0 Å². The molecule has 1 aliphatic carbocycles. The molecule has 0 radical (unpaired) electrons. The Morgan fingerprint density at radius 3 is 3.25 bits per heavy atom. The number of aryl methyl sites for hydroxylation is 2. The smallest absolute Gasteiger partial charge is 0.378 e. The summed E-state index contributed by atoms with van der Waals surface area (Å²) < 4.78 is 6.67. The van der Waals surface area contributed by atoms with Gasteiger partial charge in [-0.2, -0.15) is 0 Å². The summed E-state index contributed by atoms with van der Waals surface area (Å²) in [5, 5.41) is 6.33. The Hall–Kier alpha value is -1.69. The van der Waals surface area contributed by atoms with Gasteiger partial charge in [0.15, 0.2) is 0 Å². The summed E-state index contributed by atoms with van der Waals surface area (Å²) in [6, 6.07) is 2.17. The van der Waals surface area contributed by atoms with E-state index in [0.717, 1.165) is 25.1 Å². The second kappa shape index (κ2) is 5.36. The van der Waals surface area contributed by atoms with Crippen LogP contribution in [0, 0.1) is 0 Å². The Morgan fingerprint density at radius 2 is 2.45 bits per heavy atom. The maximum atomic E-state index is 11.7. The first-order valence-electron chi connectivity index (χ1n) is 6.85. The van der Waals surface area contributed by atoms with Crippen molar-refractivity contribution in [3.8, 4) is 0 Å². The van der Waals surface area contributed by atoms with E-state index in [2.05, 4.69) is 21.5 Å². The minimum Gasteiger partial charge on any atom is -0.460 e. The molecule has 0 aliphatic heterocycles. The van der Waals surface area contributed by atoms with Crippen LogP contribution in [0.4, 0.5) is 0 Å². The number of thiophene rings is 1. The monoisotopic (exact) mass is 291 g/mol. The van der Waals surface area contributed by atoms with Crippen molar-refractivity contribution < 1.29 is 9.53 Å². The lowest BCUT2D eigenvalue weighted by molar-refractivity contribution is 0.0512. The molecule has 0 amide bonds. The van der Waals surface area contributed by atoms with E-state index in [0.29, 0.717) is 6.61 Å². The summed E-state index contributed by atoms with van der Waals surface area (Å²) in [5.74, 6) is 0.806. The van der Waals surface area contributed by atoms with Gasteiger partial charge in [-0.05, 0) is 43.2 Å². The number of carbonyl (C=O) groups excluding carboxylic acids is 1. The summed E-state index contributed by atoms with van der Waals surface area (Å²) >= 11 is 1.80. The molecule has 6 heteroatoms. The topological polar surface area (TPSA) is 57.0 Å². The highest BCUT2D eigenvalue weighted by molar-refractivity contribution is 7.10. The van der Waals surface area contributed by atoms with Gasteiger partial charge in [0.1, 0.15) is 5.82 Å². The molecule has 0 saturated heterocycles. The number of fused-ring (bicyclic) bond motifs is 1. The lowest BCUT2D eigenvalue weighted by Crippen LogP contribution is -2.13. The van der Waals surface area contributed by atoms with Crippen molar-refractivity contribution in [2.75, 3.05) is 6.61 Å². The zero-order valence-corrected chi connectivity index (χ0v) is 12.4. The molecule has 20 heavy (non-hydrogen) atoms. The van der Waals surface area contributed by atoms with Gasteiger partial charge in [-0.3, -0.25) is 4.68 Å². The van der Waals surface area contributed by atoms with Crippen LogP contribution in [-0.2, 0) is 18.2 Å². The number of hydrogen-bond acceptors (Lipinski definition) is 5. The summed E-state index contributed by atoms with van der Waals surface area (Å²) in [6.45, 7) is 2.12. The molecule has 2 aromatic rings. The number of nitrogens with zero attached hydrogens (tertiary/aromatic N) is 3. The van der Waals surface area contributed by atoms with E-state index in [4.69, 9.17) is 4.74 Å². The fourth-order valence-corrected chi connectivity index (χ4v) is 3.72. The molecule has 0 fully saturated rings. The van der Waals surface area contributed by atoms with Crippen molar-refractivity contribution in [3.63, 3.8) is 0 Å². The molecule has 1 aliphatic rings. The van der Waals surface area contributed by atoms with Crippen molar-refractivity contribution in [1.82, 2.24) is 14.8 Å². The minimum atomic E-state index is -0.448. The SMILES string of the molecule is CCOC(=O)c1nc(C2CCCc3sccc32)n(C)n1. The number of carbonyl (C=O) groups is 1. The molecule has 1 atom stereocenters. The molecule has 106 valence electrons. The molecule has 0 spiro atoms. The molecule has 2 aromatic heterocycles. The van der Waals surface area contributed by atoms with Gasteiger partial charge in [0.25, 0.3) is 5.82 Å². The lowest BCUT2D eigenvalue weighted by Gasteiger charge is -2.21. The maximum Gasteiger partial charge on any atom is 0.378 e. The zero-order valence-electron chi connectivity index (χ0n) is 11.6. The van der Waals surface area contributed by atoms with Crippen LogP contribution >= 0.6 is 11.3 Å². The number of esters is 1.